The molecule has 1 aliphatic rings. The lowest BCUT2D eigenvalue weighted by atomic mass is 9.99. The zero-order valence-corrected chi connectivity index (χ0v) is 14.0. The number of phenolic OH excluding ortho intramolecular Hbond substituents is 1. The van der Waals surface area contributed by atoms with Gasteiger partial charge in [0.2, 0.25) is 5.75 Å². The number of hydrogen-bond acceptors (Lipinski definition) is 9. The predicted molar refractivity (Wildman–Crippen MR) is 84.6 cm³/mol. The molecule has 1 aromatic carbocycles. The van der Waals surface area contributed by atoms with Gasteiger partial charge in [0.15, 0.2) is 17.8 Å². The second-order valence-electron chi connectivity index (χ2n) is 5.67. The third-order valence-electron chi connectivity index (χ3n) is 4.06. The van der Waals surface area contributed by atoms with Crippen LogP contribution in [0.1, 0.15) is 5.56 Å². The van der Waals surface area contributed by atoms with Crippen LogP contribution in [0.5, 0.6) is 17.2 Å². The second-order valence-corrected chi connectivity index (χ2v) is 5.67. The van der Waals surface area contributed by atoms with Crippen LogP contribution in [0.3, 0.4) is 0 Å². The zero-order valence-electron chi connectivity index (χ0n) is 14.0. The lowest BCUT2D eigenvalue weighted by molar-refractivity contribution is -0.300. The van der Waals surface area contributed by atoms with Crippen molar-refractivity contribution in [2.45, 2.75) is 37.1 Å². The molecule has 0 unspecified atom stereocenters. The Hall–Kier alpha value is -1.62. The molecule has 0 aromatic heterocycles. The molecule has 0 saturated carbocycles. The van der Waals surface area contributed by atoms with Gasteiger partial charge in [0.25, 0.3) is 0 Å². The highest BCUT2D eigenvalue weighted by Crippen LogP contribution is 2.37. The van der Waals surface area contributed by atoms with Gasteiger partial charge in [-0.2, -0.15) is 0 Å². The largest absolute Gasteiger partial charge is 0.502 e. The lowest BCUT2D eigenvalue weighted by Gasteiger charge is -2.39. The maximum Gasteiger partial charge on any atom is 0.200 e. The van der Waals surface area contributed by atoms with Crippen LogP contribution >= 0.6 is 0 Å². The van der Waals surface area contributed by atoms with Crippen LogP contribution in [0.2, 0.25) is 0 Å². The second kappa shape index (κ2) is 8.65. The van der Waals surface area contributed by atoms with E-state index < -0.39 is 37.3 Å². The van der Waals surface area contributed by atoms with Gasteiger partial charge >= 0.3 is 0 Å². The maximum atomic E-state index is 9.90. The highest BCUT2D eigenvalue weighted by molar-refractivity contribution is 5.52. The molecule has 5 atom stereocenters. The van der Waals surface area contributed by atoms with E-state index in [0.717, 1.165) is 5.56 Å². The van der Waals surface area contributed by atoms with Crippen molar-refractivity contribution in [2.75, 3.05) is 27.4 Å². The Balaban J connectivity index is 1.98. The first kappa shape index (κ1) is 19.7. The molecule has 2 rings (SSSR count). The molecule has 142 valence electrons. The summed E-state index contributed by atoms with van der Waals surface area (Å²) in [6.07, 6.45) is -6.17. The third kappa shape index (κ3) is 4.32. The SMILES string of the molecule is COc1cc(CCO[C@@H]2O[C@H](CO)[C@@H](O)[C@H](O)[C@H]2O)cc(OC)c1O. The quantitative estimate of drug-likeness (QED) is 0.404. The van der Waals surface area contributed by atoms with E-state index in [9.17, 15) is 20.4 Å². The minimum atomic E-state index is -1.48. The Morgan fingerprint density at radius 1 is 1.00 bits per heavy atom. The van der Waals surface area contributed by atoms with Crippen LogP contribution < -0.4 is 9.47 Å². The molecular formula is C16H24O9. The standard InChI is InChI=1S/C16H24O9/c1-22-9-5-8(6-10(23-2)12(9)18)3-4-24-16-15(21)14(20)13(19)11(7-17)25-16/h5-6,11,13-21H,3-4,7H2,1-2H3/t11-,13-,14+,15-,16-/m1/s1. The van der Waals surface area contributed by atoms with Gasteiger partial charge < -0.3 is 44.5 Å². The third-order valence-corrected chi connectivity index (χ3v) is 4.06. The summed E-state index contributed by atoms with van der Waals surface area (Å²) in [4.78, 5) is 0. The van der Waals surface area contributed by atoms with Gasteiger partial charge in [-0.15, -0.1) is 0 Å². The lowest BCUT2D eigenvalue weighted by Crippen LogP contribution is -2.59. The number of benzene rings is 1. The fraction of sp³-hybridized carbons (Fsp3) is 0.625. The maximum absolute atomic E-state index is 9.90. The van der Waals surface area contributed by atoms with Gasteiger partial charge in [0.1, 0.15) is 24.4 Å². The molecule has 9 heteroatoms. The summed E-state index contributed by atoms with van der Waals surface area (Å²) in [7, 11) is 2.84. The number of rotatable bonds is 7. The van der Waals surface area contributed by atoms with Crippen LogP contribution in [-0.2, 0) is 15.9 Å². The fourth-order valence-corrected chi connectivity index (χ4v) is 2.59. The number of aliphatic hydroxyl groups excluding tert-OH is 4. The average molecular weight is 360 g/mol. The van der Waals surface area contributed by atoms with Crippen molar-refractivity contribution in [3.63, 3.8) is 0 Å². The molecule has 1 aliphatic heterocycles. The first-order valence-electron chi connectivity index (χ1n) is 7.78. The van der Waals surface area contributed by atoms with Gasteiger partial charge in [-0.3, -0.25) is 0 Å². The molecule has 5 N–H and O–H groups in total. The number of aliphatic hydroxyl groups is 4. The summed E-state index contributed by atoms with van der Waals surface area (Å²) in [5.41, 5.74) is 0.746. The van der Waals surface area contributed by atoms with E-state index in [4.69, 9.17) is 24.1 Å². The molecule has 9 nitrogen and oxygen atoms in total. The first-order valence-corrected chi connectivity index (χ1v) is 7.78. The molecule has 0 aliphatic carbocycles. The Bertz CT molecular complexity index is 538. The summed E-state index contributed by atoms with van der Waals surface area (Å²) < 4.78 is 20.8. The highest BCUT2D eigenvalue weighted by Gasteiger charge is 2.43. The molecule has 1 saturated heterocycles. The topological polar surface area (TPSA) is 138 Å². The first-order chi connectivity index (χ1) is 11.9. The molecule has 1 heterocycles. The summed E-state index contributed by atoms with van der Waals surface area (Å²) in [6, 6.07) is 3.24. The minimum Gasteiger partial charge on any atom is -0.502 e. The molecule has 25 heavy (non-hydrogen) atoms. The normalized spacial score (nSPS) is 29.4. The van der Waals surface area contributed by atoms with E-state index in [-0.39, 0.29) is 23.9 Å². The van der Waals surface area contributed by atoms with Crippen molar-refractivity contribution in [1.29, 1.82) is 0 Å². The van der Waals surface area contributed by atoms with Gasteiger partial charge in [-0.25, -0.2) is 0 Å². The van der Waals surface area contributed by atoms with Crippen molar-refractivity contribution in [2.24, 2.45) is 0 Å². The molecular weight excluding hydrogens is 336 g/mol. The Labute approximate surface area is 145 Å². The zero-order chi connectivity index (χ0) is 18.6. The molecule has 0 amide bonds. The van der Waals surface area contributed by atoms with E-state index in [2.05, 4.69) is 0 Å². The molecule has 0 spiro atoms. The fourth-order valence-electron chi connectivity index (χ4n) is 2.59. The van der Waals surface area contributed by atoms with Gasteiger partial charge in [0.05, 0.1) is 27.4 Å². The van der Waals surface area contributed by atoms with E-state index in [1.165, 1.54) is 14.2 Å². The van der Waals surface area contributed by atoms with Crippen molar-refractivity contribution in [3.8, 4) is 17.2 Å². The van der Waals surface area contributed by atoms with Crippen LogP contribution in [-0.4, -0.2) is 83.7 Å². The molecule has 0 bridgehead atoms. The van der Waals surface area contributed by atoms with Crippen molar-refractivity contribution in [1.82, 2.24) is 0 Å². The summed E-state index contributed by atoms with van der Waals surface area (Å²) in [5, 5.41) is 48.4. The summed E-state index contributed by atoms with van der Waals surface area (Å²) in [5.74, 6) is 0.396. The smallest absolute Gasteiger partial charge is 0.200 e. The van der Waals surface area contributed by atoms with Gasteiger partial charge in [-0.1, -0.05) is 0 Å². The minimum absolute atomic E-state index is 0.108. The van der Waals surface area contributed by atoms with E-state index in [1.807, 2.05) is 0 Å². The number of phenols is 1. The molecule has 1 aromatic rings. The van der Waals surface area contributed by atoms with Crippen LogP contribution in [0.15, 0.2) is 12.1 Å². The molecule has 0 radical (unpaired) electrons. The molecule has 1 fully saturated rings. The number of hydrogen-bond donors (Lipinski definition) is 5. The van der Waals surface area contributed by atoms with Crippen LogP contribution in [0.4, 0.5) is 0 Å². The highest BCUT2D eigenvalue weighted by atomic mass is 16.7. The van der Waals surface area contributed by atoms with Gasteiger partial charge in [0, 0.05) is 0 Å². The Kier molecular flexibility index (Phi) is 6.82. The Morgan fingerprint density at radius 3 is 2.12 bits per heavy atom. The van der Waals surface area contributed by atoms with Gasteiger partial charge in [-0.05, 0) is 24.1 Å². The number of methoxy groups -OCH3 is 2. The van der Waals surface area contributed by atoms with E-state index >= 15 is 0 Å². The number of ether oxygens (including phenoxy) is 4. The number of aromatic hydroxyl groups is 1. The summed E-state index contributed by atoms with van der Waals surface area (Å²) in [6.45, 7) is -0.406. The van der Waals surface area contributed by atoms with Crippen LogP contribution in [0, 0.1) is 0 Å². The van der Waals surface area contributed by atoms with Crippen molar-refractivity contribution >= 4 is 0 Å². The van der Waals surface area contributed by atoms with E-state index in [1.54, 1.807) is 12.1 Å². The monoisotopic (exact) mass is 360 g/mol. The predicted octanol–water partition coefficient (Wildman–Crippen LogP) is -1.23. The summed E-state index contributed by atoms with van der Waals surface area (Å²) >= 11 is 0. The van der Waals surface area contributed by atoms with Crippen LogP contribution in [0.25, 0.3) is 0 Å². The average Bonchev–Trinajstić information content (AvgIpc) is 2.62. The van der Waals surface area contributed by atoms with Crippen molar-refractivity contribution in [3.05, 3.63) is 17.7 Å². The van der Waals surface area contributed by atoms with E-state index in [0.29, 0.717) is 6.42 Å². The van der Waals surface area contributed by atoms with Crippen molar-refractivity contribution < 1.29 is 44.5 Å². The Morgan fingerprint density at radius 2 is 1.60 bits per heavy atom.